The third-order valence-electron chi connectivity index (χ3n) is 2.96. The zero-order valence-corrected chi connectivity index (χ0v) is 17.0. The van der Waals surface area contributed by atoms with Crippen LogP contribution in [-0.4, -0.2) is 46.3 Å². The first-order valence-electron chi connectivity index (χ1n) is 6.39. The summed E-state index contributed by atoms with van der Waals surface area (Å²) in [6.45, 7) is 3.37. The molecule has 21 heavy (non-hydrogen) atoms. The smallest absolute Gasteiger partial charge is 0.706 e. The fourth-order valence-electron chi connectivity index (χ4n) is 1.83. The molecular formula is C13H20KN3O3S. The van der Waals surface area contributed by atoms with Crippen molar-refractivity contribution in [2.75, 3.05) is 33.0 Å². The van der Waals surface area contributed by atoms with E-state index in [9.17, 15) is 8.42 Å². The molecule has 112 valence electrons. The molecule has 0 amide bonds. The molecule has 0 saturated heterocycles. The number of benzene rings is 1. The first-order chi connectivity index (χ1) is 9.44. The van der Waals surface area contributed by atoms with Crippen LogP contribution in [0.5, 0.6) is 5.75 Å². The molecule has 0 heterocycles. The average molecular weight is 337 g/mol. The zero-order valence-electron chi connectivity index (χ0n) is 13.0. The molecule has 0 radical (unpaired) electrons. The molecule has 0 bridgehead atoms. The van der Waals surface area contributed by atoms with Crippen LogP contribution in [0.3, 0.4) is 0 Å². The summed E-state index contributed by atoms with van der Waals surface area (Å²) >= 11 is 0. The summed E-state index contributed by atoms with van der Waals surface area (Å²) < 4.78 is 29.4. The standard InChI is InChI=1S/C13H20N3O3S.K/c1-4-7-16(2)8-9-20(17,18)11-5-6-13(19-3)12(10-11)15-14;/h5-6,10H,4,7-9H2,1-3H3;/q-1;+1. The van der Waals surface area contributed by atoms with E-state index in [0.29, 0.717) is 12.3 Å². The third-order valence-corrected chi connectivity index (χ3v) is 4.66. The molecule has 1 rings (SSSR count). The van der Waals surface area contributed by atoms with Crippen molar-refractivity contribution in [3.05, 3.63) is 23.7 Å². The van der Waals surface area contributed by atoms with Crippen molar-refractivity contribution in [1.29, 1.82) is 0 Å². The number of sulfone groups is 1. The van der Waals surface area contributed by atoms with Crippen LogP contribution in [0.1, 0.15) is 13.3 Å². The fraction of sp³-hybridized carbons (Fsp3) is 0.538. The van der Waals surface area contributed by atoms with E-state index in [1.165, 1.54) is 25.3 Å². The third kappa shape index (κ3) is 6.43. The molecule has 6 nitrogen and oxygen atoms in total. The second-order valence-electron chi connectivity index (χ2n) is 4.56. The number of nitrogens with zero attached hydrogens (tertiary/aromatic N) is 3. The van der Waals surface area contributed by atoms with Gasteiger partial charge in [0, 0.05) is 6.54 Å². The van der Waals surface area contributed by atoms with E-state index in [-0.39, 0.29) is 67.7 Å². The molecule has 0 spiro atoms. The molecule has 1 aromatic carbocycles. The van der Waals surface area contributed by atoms with Gasteiger partial charge in [-0.05, 0) is 38.2 Å². The quantitative estimate of drug-likeness (QED) is 0.472. The second-order valence-corrected chi connectivity index (χ2v) is 6.66. The Labute approximate surface area is 169 Å². The maximum atomic E-state index is 12.2. The largest absolute Gasteiger partial charge is 1.00 e. The zero-order chi connectivity index (χ0) is 15.2. The maximum Gasteiger partial charge on any atom is 1.00 e. The van der Waals surface area contributed by atoms with Gasteiger partial charge in [-0.15, -0.1) is 0 Å². The number of rotatable bonds is 8. The molecule has 0 aliphatic carbocycles. The van der Waals surface area contributed by atoms with Crippen LogP contribution >= 0.6 is 0 Å². The normalized spacial score (nSPS) is 11.0. The second kappa shape index (κ2) is 10.0. The summed E-state index contributed by atoms with van der Waals surface area (Å²) in [5, 5.41) is 3.04. The van der Waals surface area contributed by atoms with E-state index in [1.807, 2.05) is 18.9 Å². The first-order valence-corrected chi connectivity index (χ1v) is 8.04. The Bertz CT molecular complexity index is 564. The molecule has 8 heteroatoms. The van der Waals surface area contributed by atoms with Gasteiger partial charge in [0.2, 0.25) is 0 Å². The Morgan fingerprint density at radius 1 is 1.33 bits per heavy atom. The Kier molecular flexibility index (Phi) is 10.1. The average Bonchev–Trinajstić information content (AvgIpc) is 2.44. The molecule has 0 saturated carbocycles. The van der Waals surface area contributed by atoms with Crippen LogP contribution in [-0.2, 0) is 9.84 Å². The van der Waals surface area contributed by atoms with Crippen LogP contribution in [0.2, 0.25) is 0 Å². The number of methoxy groups -OCH3 is 1. The molecule has 0 fully saturated rings. The van der Waals surface area contributed by atoms with Gasteiger partial charge in [0.15, 0.2) is 9.84 Å². The Morgan fingerprint density at radius 3 is 2.52 bits per heavy atom. The van der Waals surface area contributed by atoms with Crippen molar-refractivity contribution < 1.29 is 64.5 Å². The van der Waals surface area contributed by atoms with Crippen molar-refractivity contribution in [3.63, 3.8) is 0 Å². The van der Waals surface area contributed by atoms with E-state index in [1.54, 1.807) is 0 Å². The number of hydrogen-bond acceptors (Lipinski definition) is 5. The van der Waals surface area contributed by atoms with E-state index in [2.05, 4.69) is 5.11 Å². The summed E-state index contributed by atoms with van der Waals surface area (Å²) in [4.78, 5) is 2.11. The van der Waals surface area contributed by atoms with E-state index in [4.69, 9.17) is 10.3 Å². The van der Waals surface area contributed by atoms with Crippen LogP contribution in [0.25, 0.3) is 5.53 Å². The van der Waals surface area contributed by atoms with Gasteiger partial charge in [-0.3, -0.25) is 0 Å². The maximum absolute atomic E-state index is 12.2. The summed E-state index contributed by atoms with van der Waals surface area (Å²) in [6.07, 6.45) is 0.979. The number of hydrogen-bond donors (Lipinski definition) is 0. The first kappa shape index (κ1) is 21.2. The molecule has 0 unspecified atom stereocenters. The Balaban J connectivity index is 0.00000400. The van der Waals surface area contributed by atoms with Crippen molar-refractivity contribution in [3.8, 4) is 5.75 Å². The molecule has 1 aromatic rings. The molecule has 0 aliphatic rings. The molecular weight excluding hydrogens is 317 g/mol. The van der Waals surface area contributed by atoms with Crippen molar-refractivity contribution in [2.45, 2.75) is 18.2 Å². The van der Waals surface area contributed by atoms with E-state index >= 15 is 0 Å². The van der Waals surface area contributed by atoms with Gasteiger partial charge in [-0.2, -0.15) is 0 Å². The van der Waals surface area contributed by atoms with Gasteiger partial charge in [0.25, 0.3) is 0 Å². The predicted molar refractivity (Wildman–Crippen MR) is 78.3 cm³/mol. The van der Waals surface area contributed by atoms with Gasteiger partial charge in [-0.1, -0.05) is 6.92 Å². The van der Waals surface area contributed by atoms with Crippen LogP contribution in [0.4, 0.5) is 5.69 Å². The van der Waals surface area contributed by atoms with Crippen molar-refractivity contribution in [1.82, 2.24) is 4.90 Å². The molecule has 0 aromatic heterocycles. The van der Waals surface area contributed by atoms with Gasteiger partial charge >= 0.3 is 51.4 Å². The summed E-state index contributed by atoms with van der Waals surface area (Å²) in [6, 6.07) is 4.26. The Hall–Kier alpha value is 0.166. The van der Waals surface area contributed by atoms with Gasteiger partial charge in [0.1, 0.15) is 5.75 Å². The van der Waals surface area contributed by atoms with Crippen molar-refractivity contribution in [2.24, 2.45) is 5.11 Å². The predicted octanol–water partition coefficient (Wildman–Crippen LogP) is -0.532. The van der Waals surface area contributed by atoms with E-state index in [0.717, 1.165) is 13.0 Å². The number of ether oxygens (including phenoxy) is 1. The minimum atomic E-state index is -3.40. The minimum Gasteiger partial charge on any atom is -0.706 e. The topological polar surface area (TPSA) is 81.3 Å². The minimum absolute atomic E-state index is 0. The fourth-order valence-corrected chi connectivity index (χ4v) is 3.18. The van der Waals surface area contributed by atoms with Gasteiger partial charge < -0.3 is 20.3 Å². The van der Waals surface area contributed by atoms with Crippen LogP contribution in [0.15, 0.2) is 28.2 Å². The van der Waals surface area contributed by atoms with E-state index < -0.39 is 9.84 Å². The summed E-state index contributed by atoms with van der Waals surface area (Å²) in [5.74, 6) is 0.357. The van der Waals surface area contributed by atoms with Crippen molar-refractivity contribution >= 4 is 15.5 Å². The summed E-state index contributed by atoms with van der Waals surface area (Å²) in [7, 11) is -0.0807. The summed E-state index contributed by atoms with van der Waals surface area (Å²) in [5.41, 5.74) is 8.98. The SMILES string of the molecule is CCCN(C)CCS(=O)(=O)c1ccc(OC)c(N=[N-])c1.[K+]. The Morgan fingerprint density at radius 2 is 2.00 bits per heavy atom. The molecule has 0 aliphatic heterocycles. The van der Waals surface area contributed by atoms with Crippen LogP contribution < -0.4 is 56.1 Å². The van der Waals surface area contributed by atoms with Gasteiger partial charge in [-0.25, -0.2) is 8.42 Å². The monoisotopic (exact) mass is 337 g/mol. The molecule has 0 atom stereocenters. The van der Waals surface area contributed by atoms with Gasteiger partial charge in [0.05, 0.1) is 23.4 Å². The van der Waals surface area contributed by atoms with Crippen LogP contribution in [0, 0.1) is 0 Å². The molecule has 0 N–H and O–H groups in total.